The molecule has 1 saturated heterocycles. The smallest absolute Gasteiger partial charge is 0.226 e. The van der Waals surface area contributed by atoms with E-state index < -0.39 is 0 Å². The number of nitrogens with zero attached hydrogens (tertiary/aromatic N) is 2. The van der Waals surface area contributed by atoms with E-state index in [1.54, 1.807) is 12.4 Å². The van der Waals surface area contributed by atoms with Gasteiger partial charge in [-0.05, 0) is 36.2 Å². The Kier molecular flexibility index (Phi) is 4.43. The number of nitrogens with one attached hydrogen (secondary N) is 1. The zero-order valence-electron chi connectivity index (χ0n) is 13.7. The first kappa shape index (κ1) is 15.8. The first-order valence-corrected chi connectivity index (χ1v) is 8.39. The molecule has 3 aromatic rings. The van der Waals surface area contributed by atoms with Crippen molar-refractivity contribution >= 4 is 16.9 Å². The predicted octanol–water partition coefficient (Wildman–Crippen LogP) is 2.14. The first-order chi connectivity index (χ1) is 12.3. The number of para-hydroxylation sites is 1. The Labute approximate surface area is 145 Å². The Hall–Kier alpha value is -2.73. The molecule has 0 bridgehead atoms. The van der Waals surface area contributed by atoms with E-state index in [2.05, 4.69) is 15.5 Å². The van der Waals surface area contributed by atoms with Crippen LogP contribution in [0.4, 0.5) is 0 Å². The van der Waals surface area contributed by atoms with Gasteiger partial charge in [-0.15, -0.1) is 0 Å². The van der Waals surface area contributed by atoms with Gasteiger partial charge in [0.2, 0.25) is 5.91 Å². The molecule has 2 atom stereocenters. The molecule has 0 unspecified atom stereocenters. The average Bonchev–Trinajstić information content (AvgIpc) is 3.23. The topological polar surface area (TPSA) is 77.2 Å². The highest BCUT2D eigenvalue weighted by atomic mass is 16.5. The van der Waals surface area contributed by atoms with Crippen molar-refractivity contribution in [2.24, 2.45) is 5.92 Å². The van der Waals surface area contributed by atoms with E-state index in [0.717, 1.165) is 11.8 Å². The highest BCUT2D eigenvalue weighted by Crippen LogP contribution is 2.20. The maximum absolute atomic E-state index is 12.4. The normalized spacial score (nSPS) is 20.0. The average molecular weight is 337 g/mol. The predicted molar refractivity (Wildman–Crippen MR) is 91.9 cm³/mol. The van der Waals surface area contributed by atoms with Crippen molar-refractivity contribution in [2.75, 3.05) is 13.2 Å². The van der Waals surface area contributed by atoms with Crippen molar-refractivity contribution in [3.63, 3.8) is 0 Å². The van der Waals surface area contributed by atoms with Crippen LogP contribution < -0.4 is 5.32 Å². The van der Waals surface area contributed by atoms with Crippen molar-refractivity contribution in [3.05, 3.63) is 60.0 Å². The number of hydrogen-bond acceptors (Lipinski definition) is 5. The number of amides is 1. The van der Waals surface area contributed by atoms with Gasteiger partial charge in [0, 0.05) is 23.7 Å². The molecule has 4 rings (SSSR count). The van der Waals surface area contributed by atoms with Gasteiger partial charge in [0.05, 0.1) is 25.7 Å². The van der Waals surface area contributed by atoms with Gasteiger partial charge >= 0.3 is 0 Å². The molecule has 1 aromatic carbocycles. The van der Waals surface area contributed by atoms with Crippen LogP contribution in [0.15, 0.2) is 53.3 Å². The Morgan fingerprint density at radius 2 is 2.00 bits per heavy atom. The third-order valence-electron chi connectivity index (χ3n) is 4.57. The Balaban J connectivity index is 1.39. The van der Waals surface area contributed by atoms with Crippen LogP contribution in [0.5, 0.6) is 0 Å². The number of ether oxygens (including phenoxy) is 1. The maximum Gasteiger partial charge on any atom is 0.226 e. The lowest BCUT2D eigenvalue weighted by atomic mass is 9.95. The van der Waals surface area contributed by atoms with Gasteiger partial charge in [-0.25, -0.2) is 0 Å². The van der Waals surface area contributed by atoms with Gasteiger partial charge in [-0.3, -0.25) is 9.78 Å². The fraction of sp³-hybridized carbons (Fsp3) is 0.316. The van der Waals surface area contributed by atoms with Crippen molar-refractivity contribution in [1.29, 1.82) is 0 Å². The van der Waals surface area contributed by atoms with E-state index in [4.69, 9.17) is 9.26 Å². The van der Waals surface area contributed by atoms with E-state index >= 15 is 0 Å². The fourth-order valence-electron chi connectivity index (χ4n) is 3.26. The Morgan fingerprint density at radius 1 is 1.16 bits per heavy atom. The second-order valence-corrected chi connectivity index (χ2v) is 6.33. The molecule has 2 aromatic heterocycles. The Bertz CT molecular complexity index is 862. The summed E-state index contributed by atoms with van der Waals surface area (Å²) < 4.78 is 10.8. The summed E-state index contributed by atoms with van der Waals surface area (Å²) in [6, 6.07) is 11.6. The molecule has 1 amide bonds. The monoisotopic (exact) mass is 337 g/mol. The molecule has 25 heavy (non-hydrogen) atoms. The van der Waals surface area contributed by atoms with Gasteiger partial charge in [0.15, 0.2) is 5.58 Å². The van der Waals surface area contributed by atoms with Crippen LogP contribution in [0.3, 0.4) is 0 Å². The molecule has 0 spiro atoms. The molecular weight excluding hydrogens is 318 g/mol. The van der Waals surface area contributed by atoms with Crippen LogP contribution in [0.2, 0.25) is 0 Å². The van der Waals surface area contributed by atoms with Crippen molar-refractivity contribution in [3.8, 4) is 0 Å². The van der Waals surface area contributed by atoms with Crippen LogP contribution in [0, 0.1) is 5.92 Å². The lowest BCUT2D eigenvalue weighted by Gasteiger charge is -2.19. The second kappa shape index (κ2) is 7.03. The molecule has 0 aliphatic carbocycles. The van der Waals surface area contributed by atoms with E-state index in [-0.39, 0.29) is 24.3 Å². The molecule has 1 N–H and O–H groups in total. The van der Waals surface area contributed by atoms with Gasteiger partial charge < -0.3 is 14.6 Å². The summed E-state index contributed by atoms with van der Waals surface area (Å²) in [5, 5.41) is 8.00. The second-order valence-electron chi connectivity index (χ2n) is 6.33. The number of aromatic nitrogens is 2. The third-order valence-corrected chi connectivity index (χ3v) is 4.57. The number of rotatable bonds is 5. The zero-order chi connectivity index (χ0) is 17.1. The molecule has 1 aliphatic rings. The minimum absolute atomic E-state index is 0.0128. The van der Waals surface area contributed by atoms with Gasteiger partial charge in [0.25, 0.3) is 0 Å². The maximum atomic E-state index is 12.4. The fourth-order valence-corrected chi connectivity index (χ4v) is 3.26. The van der Waals surface area contributed by atoms with E-state index in [1.807, 2.05) is 36.4 Å². The minimum atomic E-state index is -0.0609. The summed E-state index contributed by atoms with van der Waals surface area (Å²) in [5.74, 6) is 0.203. The zero-order valence-corrected chi connectivity index (χ0v) is 13.7. The molecule has 128 valence electrons. The summed E-state index contributed by atoms with van der Waals surface area (Å²) in [6.45, 7) is 1.20. The lowest BCUT2D eigenvalue weighted by molar-refractivity contribution is -0.121. The van der Waals surface area contributed by atoms with Crippen LogP contribution in [0.1, 0.15) is 11.3 Å². The van der Waals surface area contributed by atoms with Crippen LogP contribution >= 0.6 is 0 Å². The summed E-state index contributed by atoms with van der Waals surface area (Å²) in [5.41, 5.74) is 2.56. The van der Waals surface area contributed by atoms with Crippen LogP contribution in [0.25, 0.3) is 11.0 Å². The standard InChI is InChI=1S/C19H19N3O3/c23-19(10-16-15-3-1-2-4-18(15)25-22-16)21-17-12-24-11-14(17)9-13-5-7-20-8-6-13/h1-8,14,17H,9-12H2,(H,21,23)/t14-,17-/m1/s1. The number of carbonyl (C=O) groups excluding carboxylic acids is 1. The largest absolute Gasteiger partial charge is 0.379 e. The number of hydrogen-bond donors (Lipinski definition) is 1. The van der Waals surface area contributed by atoms with Crippen LogP contribution in [-0.2, 0) is 22.4 Å². The van der Waals surface area contributed by atoms with Crippen molar-refractivity contribution < 1.29 is 14.1 Å². The number of carbonyl (C=O) groups is 1. The molecule has 6 nitrogen and oxygen atoms in total. The van der Waals surface area contributed by atoms with E-state index in [0.29, 0.717) is 24.5 Å². The molecule has 1 aliphatic heterocycles. The number of benzene rings is 1. The minimum Gasteiger partial charge on any atom is -0.379 e. The summed E-state index contributed by atoms with van der Waals surface area (Å²) in [4.78, 5) is 16.5. The van der Waals surface area contributed by atoms with Gasteiger partial charge in [-0.1, -0.05) is 17.3 Å². The third kappa shape index (κ3) is 3.53. The summed E-state index contributed by atoms with van der Waals surface area (Å²) >= 11 is 0. The van der Waals surface area contributed by atoms with Gasteiger partial charge in [-0.2, -0.15) is 0 Å². The summed E-state index contributed by atoms with van der Waals surface area (Å²) in [7, 11) is 0. The quantitative estimate of drug-likeness (QED) is 0.772. The van der Waals surface area contributed by atoms with E-state index in [9.17, 15) is 4.79 Å². The first-order valence-electron chi connectivity index (χ1n) is 8.39. The molecule has 1 fully saturated rings. The molecule has 0 saturated carbocycles. The Morgan fingerprint density at radius 3 is 2.88 bits per heavy atom. The highest BCUT2D eigenvalue weighted by Gasteiger charge is 2.30. The molecule has 6 heteroatoms. The summed E-state index contributed by atoms with van der Waals surface area (Å²) in [6.07, 6.45) is 4.64. The van der Waals surface area contributed by atoms with Crippen molar-refractivity contribution in [2.45, 2.75) is 18.9 Å². The number of pyridine rings is 1. The lowest BCUT2D eigenvalue weighted by Crippen LogP contribution is -2.41. The molecule has 0 radical (unpaired) electrons. The van der Waals surface area contributed by atoms with Crippen LogP contribution in [-0.4, -0.2) is 35.3 Å². The van der Waals surface area contributed by atoms with Crippen molar-refractivity contribution in [1.82, 2.24) is 15.5 Å². The molecule has 3 heterocycles. The van der Waals surface area contributed by atoms with E-state index in [1.165, 1.54) is 5.56 Å². The number of fused-ring (bicyclic) bond motifs is 1. The van der Waals surface area contributed by atoms with Gasteiger partial charge in [0.1, 0.15) is 5.69 Å². The highest BCUT2D eigenvalue weighted by molar-refractivity contribution is 5.86. The SMILES string of the molecule is O=C(Cc1noc2ccccc12)N[C@@H]1COC[C@H]1Cc1ccncc1. The molecular formula is C19H19N3O3.